The number of nitrogens with zero attached hydrogens (tertiary/aromatic N) is 1. The second-order valence-electron chi connectivity index (χ2n) is 8.02. The van der Waals surface area contributed by atoms with Crippen LogP contribution in [0.3, 0.4) is 0 Å². The van der Waals surface area contributed by atoms with Crippen LogP contribution in [0, 0.1) is 0 Å². The summed E-state index contributed by atoms with van der Waals surface area (Å²) >= 11 is 0. The number of allylic oxidation sites excluding steroid dienone is 3. The van der Waals surface area contributed by atoms with Gasteiger partial charge in [-0.15, -0.1) is 0 Å². The molecule has 0 spiro atoms. The van der Waals surface area contributed by atoms with Crippen LogP contribution in [0.4, 0.5) is 0 Å². The van der Waals surface area contributed by atoms with Gasteiger partial charge in [0, 0.05) is 11.3 Å². The van der Waals surface area contributed by atoms with Gasteiger partial charge >= 0.3 is 0 Å². The van der Waals surface area contributed by atoms with E-state index in [0.717, 1.165) is 18.6 Å². The highest BCUT2D eigenvalue weighted by molar-refractivity contribution is 6.13. The molecule has 164 valence electrons. The van der Waals surface area contributed by atoms with E-state index in [1.807, 2.05) is 18.2 Å². The molecule has 0 aromatic heterocycles. The molecule has 0 aliphatic carbocycles. The number of nitrogens with two attached hydrogens (primary N) is 1. The third-order valence-corrected chi connectivity index (χ3v) is 5.84. The van der Waals surface area contributed by atoms with Gasteiger partial charge in [0.25, 0.3) is 0 Å². The van der Waals surface area contributed by atoms with Gasteiger partial charge < -0.3 is 5.73 Å². The molecule has 0 atom stereocenters. The average Bonchev–Trinajstić information content (AvgIpc) is 2.88. The lowest BCUT2D eigenvalue weighted by Gasteiger charge is -2.13. The van der Waals surface area contributed by atoms with Crippen molar-refractivity contribution in [2.24, 2.45) is 10.7 Å². The van der Waals surface area contributed by atoms with Gasteiger partial charge in [-0.05, 0) is 58.1 Å². The second-order valence-corrected chi connectivity index (χ2v) is 8.02. The summed E-state index contributed by atoms with van der Waals surface area (Å²) in [5.74, 6) is 0. The highest BCUT2D eigenvalue weighted by Gasteiger charge is 2.11. The molecule has 0 aliphatic heterocycles. The molecule has 2 heteroatoms. The molecule has 33 heavy (non-hydrogen) atoms. The topological polar surface area (TPSA) is 38.4 Å². The number of fused-ring (bicyclic) bond motifs is 1. The molecule has 0 unspecified atom stereocenters. The molecular formula is C31H30N2. The number of benzene rings is 4. The van der Waals surface area contributed by atoms with Crippen molar-refractivity contribution in [3.63, 3.8) is 0 Å². The van der Waals surface area contributed by atoms with Crippen LogP contribution in [-0.4, -0.2) is 5.71 Å². The molecule has 0 saturated carbocycles. The normalized spacial score (nSPS) is 12.2. The van der Waals surface area contributed by atoms with Gasteiger partial charge in [-0.1, -0.05) is 110 Å². The van der Waals surface area contributed by atoms with Crippen LogP contribution in [-0.2, 0) is 13.0 Å². The lowest BCUT2D eigenvalue weighted by molar-refractivity contribution is 1.05. The third-order valence-electron chi connectivity index (χ3n) is 5.84. The first-order valence-corrected chi connectivity index (χ1v) is 11.5. The third kappa shape index (κ3) is 5.48. The van der Waals surface area contributed by atoms with E-state index in [-0.39, 0.29) is 0 Å². The van der Waals surface area contributed by atoms with Crippen molar-refractivity contribution in [1.29, 1.82) is 0 Å². The zero-order chi connectivity index (χ0) is 22.9. The number of aliphatic imine (C=N–C) groups is 1. The van der Waals surface area contributed by atoms with Crippen molar-refractivity contribution in [1.82, 2.24) is 0 Å². The van der Waals surface area contributed by atoms with Crippen molar-refractivity contribution in [3.05, 3.63) is 132 Å². The summed E-state index contributed by atoms with van der Waals surface area (Å²) in [6.07, 6.45) is 9.27. The van der Waals surface area contributed by atoms with Crippen LogP contribution in [0.15, 0.2) is 120 Å². The minimum atomic E-state index is 0.705. The Bertz CT molecular complexity index is 1280. The first-order chi connectivity index (χ1) is 16.3. The van der Waals surface area contributed by atoms with E-state index in [1.165, 1.54) is 38.6 Å². The van der Waals surface area contributed by atoms with Gasteiger partial charge in [-0.2, -0.15) is 0 Å². The smallest absolute Gasteiger partial charge is 0.0643 e. The Morgan fingerprint density at radius 1 is 0.758 bits per heavy atom. The van der Waals surface area contributed by atoms with E-state index >= 15 is 0 Å². The first-order valence-electron chi connectivity index (χ1n) is 11.5. The lowest BCUT2D eigenvalue weighted by Crippen LogP contribution is -2.02. The molecule has 2 N–H and O–H groups in total. The fourth-order valence-electron chi connectivity index (χ4n) is 4.13. The van der Waals surface area contributed by atoms with Crippen LogP contribution in [0.25, 0.3) is 21.9 Å². The largest absolute Gasteiger partial charge is 0.405 e. The Morgan fingerprint density at radius 3 is 2.21 bits per heavy atom. The minimum Gasteiger partial charge on any atom is -0.405 e. The quantitative estimate of drug-likeness (QED) is 0.228. The number of hydrogen-bond acceptors (Lipinski definition) is 2. The molecule has 0 fully saturated rings. The van der Waals surface area contributed by atoms with E-state index in [9.17, 15) is 0 Å². The first kappa shape index (κ1) is 22.3. The SMILES string of the molecule is CCC(=NCc1ccccc1)c1ccc(-c2ccc(C/C=C\C=C/N)cc2)c2ccccc12. The van der Waals surface area contributed by atoms with Gasteiger partial charge in [0.15, 0.2) is 0 Å². The van der Waals surface area contributed by atoms with E-state index in [1.54, 1.807) is 6.20 Å². The van der Waals surface area contributed by atoms with Gasteiger partial charge in [-0.25, -0.2) is 0 Å². The van der Waals surface area contributed by atoms with Crippen LogP contribution in [0.1, 0.15) is 30.0 Å². The minimum absolute atomic E-state index is 0.705. The maximum Gasteiger partial charge on any atom is 0.0643 e. The molecule has 4 rings (SSSR count). The summed E-state index contributed by atoms with van der Waals surface area (Å²) in [5.41, 5.74) is 12.7. The van der Waals surface area contributed by atoms with Gasteiger partial charge in [0.2, 0.25) is 0 Å². The second kappa shape index (κ2) is 11.1. The van der Waals surface area contributed by atoms with Crippen LogP contribution in [0.2, 0.25) is 0 Å². The summed E-state index contributed by atoms with van der Waals surface area (Å²) < 4.78 is 0. The van der Waals surface area contributed by atoms with Gasteiger partial charge in [0.05, 0.1) is 6.54 Å². The van der Waals surface area contributed by atoms with E-state index in [2.05, 4.69) is 97.9 Å². The summed E-state index contributed by atoms with van der Waals surface area (Å²) in [7, 11) is 0. The molecule has 0 heterocycles. The maximum absolute atomic E-state index is 5.38. The standard InChI is InChI=1S/C31H30N2/c1-2-31(33-23-25-12-5-3-6-13-25)30-21-20-27(28-14-8-9-15-29(28)30)26-18-16-24(17-19-26)11-7-4-10-22-32/h3-10,12-22H,2,11,23,32H2,1H3/b7-4-,22-10-,33-31?. The molecule has 0 bridgehead atoms. The summed E-state index contributed by atoms with van der Waals surface area (Å²) in [6, 6.07) is 32.4. The predicted octanol–water partition coefficient (Wildman–Crippen LogP) is 7.48. The fourth-order valence-corrected chi connectivity index (χ4v) is 4.13. The molecule has 0 saturated heterocycles. The van der Waals surface area contributed by atoms with E-state index in [0.29, 0.717) is 6.54 Å². The molecule has 4 aromatic rings. The average molecular weight is 431 g/mol. The Labute approximate surface area is 196 Å². The van der Waals surface area contributed by atoms with E-state index < -0.39 is 0 Å². The van der Waals surface area contributed by atoms with Crippen molar-refractivity contribution >= 4 is 16.5 Å². The zero-order valence-electron chi connectivity index (χ0n) is 19.1. The highest BCUT2D eigenvalue weighted by Crippen LogP contribution is 2.32. The number of hydrogen-bond donors (Lipinski definition) is 1. The molecular weight excluding hydrogens is 400 g/mol. The van der Waals surface area contributed by atoms with Crippen molar-refractivity contribution in [2.45, 2.75) is 26.3 Å². The molecule has 0 radical (unpaired) electrons. The molecule has 0 amide bonds. The highest BCUT2D eigenvalue weighted by atomic mass is 14.7. The number of rotatable bonds is 8. The van der Waals surface area contributed by atoms with E-state index in [4.69, 9.17) is 10.7 Å². The summed E-state index contributed by atoms with van der Waals surface area (Å²) in [6.45, 7) is 2.89. The fraction of sp³-hybridized carbons (Fsp3) is 0.129. The van der Waals surface area contributed by atoms with Crippen molar-refractivity contribution in [2.75, 3.05) is 0 Å². The summed E-state index contributed by atoms with van der Waals surface area (Å²) in [5, 5.41) is 2.51. The molecule has 0 aliphatic rings. The summed E-state index contributed by atoms with van der Waals surface area (Å²) in [4.78, 5) is 4.99. The van der Waals surface area contributed by atoms with Crippen molar-refractivity contribution < 1.29 is 0 Å². The Balaban J connectivity index is 1.66. The van der Waals surface area contributed by atoms with Crippen molar-refractivity contribution in [3.8, 4) is 11.1 Å². The van der Waals surface area contributed by atoms with Crippen LogP contribution in [0.5, 0.6) is 0 Å². The zero-order valence-corrected chi connectivity index (χ0v) is 19.1. The lowest BCUT2D eigenvalue weighted by atomic mass is 9.92. The Morgan fingerprint density at radius 2 is 1.48 bits per heavy atom. The maximum atomic E-state index is 5.38. The Hall–Kier alpha value is -3.91. The Kier molecular flexibility index (Phi) is 7.50. The van der Waals surface area contributed by atoms with Crippen LogP contribution >= 0.6 is 0 Å². The predicted molar refractivity (Wildman–Crippen MR) is 143 cm³/mol. The monoisotopic (exact) mass is 430 g/mol. The molecule has 4 aromatic carbocycles. The van der Waals surface area contributed by atoms with Gasteiger partial charge in [-0.3, -0.25) is 4.99 Å². The van der Waals surface area contributed by atoms with Gasteiger partial charge in [0.1, 0.15) is 0 Å². The molecule has 2 nitrogen and oxygen atoms in total. The van der Waals surface area contributed by atoms with Crippen LogP contribution < -0.4 is 5.73 Å².